The molecule has 2 aliphatic heterocycles. The standard InChI is InChI=1S/C32H28O8.C28H18N2O4/c1-5-37-29(33)21-13-9-17-19-11-15-23(31(35)39-7-3)28-24(32(36)40-8-4)16-12-20(26(19)28)18-10-14-22(27(21)25(17)18)30(34)38-6-2;1-3-29-25(31)17-9-5-13-15-7-11-19-24-20(28(34)30(4-2)27(19)33)12-8-16(22(15)24)14-6-10-18(26(29)32)23(17)21(13)14/h9-16H,5-8H2,1-4H3;5-12H,3-4H2,1-2H3. The number of esters is 4. The maximum atomic E-state index is 13.1. The van der Waals surface area contributed by atoms with E-state index in [4.69, 9.17) is 18.9 Å². The molecule has 0 fully saturated rings. The van der Waals surface area contributed by atoms with Gasteiger partial charge in [0.05, 0.1) is 48.7 Å². The molecule has 10 aromatic carbocycles. The monoisotopic (exact) mass is 986 g/mol. The Hall–Kier alpha value is -9.04. The summed E-state index contributed by atoms with van der Waals surface area (Å²) in [4.78, 5) is 107. The number of carbonyl (C=O) groups excluding carboxylic acids is 8. The van der Waals surface area contributed by atoms with E-state index in [-0.39, 0.29) is 72.3 Å². The minimum Gasteiger partial charge on any atom is -0.462 e. The molecule has 0 aromatic heterocycles. The van der Waals surface area contributed by atoms with Crippen molar-refractivity contribution in [1.82, 2.24) is 9.80 Å². The number of hydrogen-bond donors (Lipinski definition) is 0. The van der Waals surface area contributed by atoms with Crippen LogP contribution < -0.4 is 0 Å². The molecule has 74 heavy (non-hydrogen) atoms. The van der Waals surface area contributed by atoms with E-state index < -0.39 is 23.9 Å². The van der Waals surface area contributed by atoms with Crippen molar-refractivity contribution in [2.24, 2.45) is 0 Å². The van der Waals surface area contributed by atoms with Gasteiger partial charge in [0, 0.05) is 56.9 Å². The van der Waals surface area contributed by atoms with E-state index in [9.17, 15) is 38.4 Å². The molecular weight excluding hydrogens is 941 g/mol. The molecule has 0 N–H and O–H groups in total. The van der Waals surface area contributed by atoms with Gasteiger partial charge in [0.2, 0.25) is 0 Å². The van der Waals surface area contributed by atoms with Crippen LogP contribution in [0.5, 0.6) is 0 Å². The molecule has 0 unspecified atom stereocenters. The Labute approximate surface area is 421 Å². The number of benzene rings is 10. The first-order valence-electron chi connectivity index (χ1n) is 24.7. The average Bonchev–Trinajstić information content (AvgIpc) is 3.44. The van der Waals surface area contributed by atoms with Gasteiger partial charge in [0.25, 0.3) is 23.6 Å². The Kier molecular flexibility index (Phi) is 11.5. The number of amides is 4. The van der Waals surface area contributed by atoms with E-state index in [1.54, 1.807) is 114 Å². The molecule has 0 aliphatic carbocycles. The topological polar surface area (TPSA) is 180 Å². The third kappa shape index (κ3) is 6.63. The number of ether oxygens (including phenoxy) is 4. The zero-order valence-corrected chi connectivity index (χ0v) is 41.3. The number of imide groups is 2. The van der Waals surface area contributed by atoms with E-state index in [1.807, 2.05) is 24.3 Å². The maximum absolute atomic E-state index is 13.1. The van der Waals surface area contributed by atoms with Crippen molar-refractivity contribution in [3.63, 3.8) is 0 Å². The predicted molar refractivity (Wildman–Crippen MR) is 281 cm³/mol. The third-order valence-corrected chi connectivity index (χ3v) is 14.3. The van der Waals surface area contributed by atoms with Crippen LogP contribution in [0.4, 0.5) is 0 Å². The quantitative estimate of drug-likeness (QED) is 0.0417. The van der Waals surface area contributed by atoms with Gasteiger partial charge in [-0.1, -0.05) is 48.5 Å². The van der Waals surface area contributed by atoms with Crippen LogP contribution >= 0.6 is 0 Å². The fourth-order valence-corrected chi connectivity index (χ4v) is 11.3. The fraction of sp³-hybridized carbons (Fsp3) is 0.200. The second-order valence-corrected chi connectivity index (χ2v) is 17.9. The smallest absolute Gasteiger partial charge is 0.338 e. The second kappa shape index (κ2) is 17.9. The van der Waals surface area contributed by atoms with E-state index in [0.717, 1.165) is 53.9 Å². The van der Waals surface area contributed by atoms with Crippen LogP contribution in [0, 0.1) is 0 Å². The lowest BCUT2D eigenvalue weighted by Gasteiger charge is -2.29. The number of carbonyl (C=O) groups is 8. The molecule has 2 aliphatic rings. The summed E-state index contributed by atoms with van der Waals surface area (Å²) in [5.74, 6) is -3.34. The Balaban J connectivity index is 0.000000161. The molecule has 0 radical (unpaired) electrons. The highest BCUT2D eigenvalue weighted by molar-refractivity contribution is 6.42. The molecule has 10 aromatic rings. The highest BCUT2D eigenvalue weighted by Crippen LogP contribution is 2.47. The molecule has 0 saturated heterocycles. The minimum atomic E-state index is -0.553. The van der Waals surface area contributed by atoms with Gasteiger partial charge in [-0.25, -0.2) is 19.2 Å². The van der Waals surface area contributed by atoms with Crippen molar-refractivity contribution < 1.29 is 57.3 Å². The molecule has 14 nitrogen and oxygen atoms in total. The van der Waals surface area contributed by atoms with Crippen molar-refractivity contribution in [3.8, 4) is 0 Å². The molecular formula is C60H46N2O12. The summed E-state index contributed by atoms with van der Waals surface area (Å²) in [7, 11) is 0. The first kappa shape index (κ1) is 47.3. The van der Waals surface area contributed by atoms with Crippen molar-refractivity contribution in [2.45, 2.75) is 41.5 Å². The van der Waals surface area contributed by atoms with Crippen LogP contribution in [-0.4, -0.2) is 96.8 Å². The lowest BCUT2D eigenvalue weighted by atomic mass is 9.82. The molecule has 368 valence electrons. The van der Waals surface area contributed by atoms with Gasteiger partial charge in [0.1, 0.15) is 0 Å². The summed E-state index contributed by atoms with van der Waals surface area (Å²) in [6, 6.07) is 28.6. The van der Waals surface area contributed by atoms with Crippen molar-refractivity contribution in [3.05, 3.63) is 142 Å². The SMILES string of the molecule is CCN1C(=O)c2ccc3c4ccc5c6c(ccc(c7ccc(c2c37)C1=O)c64)C(=O)N(CC)C5=O.CCOC(=O)c1ccc2c3ccc(C(=O)OCC)c4c(C(=O)OCC)ccc(c5ccc(C(=O)OCC)c1c25)c43. The summed E-state index contributed by atoms with van der Waals surface area (Å²) in [5.41, 5.74) is 3.08. The fourth-order valence-electron chi connectivity index (χ4n) is 11.3. The zero-order valence-electron chi connectivity index (χ0n) is 41.3. The Morgan fingerprint density at radius 3 is 0.703 bits per heavy atom. The van der Waals surface area contributed by atoms with E-state index in [0.29, 0.717) is 67.7 Å². The van der Waals surface area contributed by atoms with Crippen LogP contribution in [0.2, 0.25) is 0 Å². The first-order valence-corrected chi connectivity index (χ1v) is 24.7. The number of nitrogens with zero attached hydrogens (tertiary/aromatic N) is 2. The van der Waals surface area contributed by atoms with Crippen LogP contribution in [0.1, 0.15) is 124 Å². The molecule has 0 spiro atoms. The Morgan fingerprint density at radius 2 is 0.500 bits per heavy atom. The summed E-state index contributed by atoms with van der Waals surface area (Å²) < 4.78 is 21.3. The highest BCUT2D eigenvalue weighted by Gasteiger charge is 2.36. The third-order valence-electron chi connectivity index (χ3n) is 14.3. The van der Waals surface area contributed by atoms with Gasteiger partial charge < -0.3 is 18.9 Å². The van der Waals surface area contributed by atoms with Crippen LogP contribution in [-0.2, 0) is 18.9 Å². The summed E-state index contributed by atoms with van der Waals surface area (Å²) >= 11 is 0. The van der Waals surface area contributed by atoms with E-state index >= 15 is 0 Å². The molecule has 0 bridgehead atoms. The molecule has 0 saturated carbocycles. The average molecular weight is 987 g/mol. The number of rotatable bonds is 10. The first-order chi connectivity index (χ1) is 35.8. The normalized spacial score (nSPS) is 13.3. The van der Waals surface area contributed by atoms with Gasteiger partial charge in [-0.05, 0) is 155 Å². The van der Waals surface area contributed by atoms with Crippen molar-refractivity contribution in [1.29, 1.82) is 0 Å². The largest absolute Gasteiger partial charge is 0.462 e. The summed E-state index contributed by atoms with van der Waals surface area (Å²) in [6.45, 7) is 11.8. The van der Waals surface area contributed by atoms with Gasteiger partial charge in [-0.15, -0.1) is 0 Å². The molecule has 2 heterocycles. The number of fused-ring (bicyclic) bond motifs is 4. The van der Waals surface area contributed by atoms with Crippen molar-refractivity contribution in [2.75, 3.05) is 39.5 Å². The van der Waals surface area contributed by atoms with Crippen LogP contribution in [0.3, 0.4) is 0 Å². The van der Waals surface area contributed by atoms with Gasteiger partial charge in [-0.3, -0.25) is 29.0 Å². The van der Waals surface area contributed by atoms with E-state index in [2.05, 4.69) is 0 Å². The Morgan fingerprint density at radius 1 is 0.297 bits per heavy atom. The van der Waals surface area contributed by atoms with Crippen LogP contribution in [0.15, 0.2) is 97.1 Å². The second-order valence-electron chi connectivity index (χ2n) is 17.9. The molecule has 14 heteroatoms. The van der Waals surface area contributed by atoms with E-state index in [1.165, 1.54) is 9.80 Å². The predicted octanol–water partition coefficient (Wildman–Crippen LogP) is 11.4. The van der Waals surface area contributed by atoms with Gasteiger partial charge in [-0.2, -0.15) is 0 Å². The molecule has 0 atom stereocenters. The van der Waals surface area contributed by atoms with Crippen LogP contribution in [0.25, 0.3) is 86.2 Å². The van der Waals surface area contributed by atoms with Gasteiger partial charge in [0.15, 0.2) is 0 Å². The lowest BCUT2D eigenvalue weighted by Crippen LogP contribution is -2.40. The lowest BCUT2D eigenvalue weighted by molar-refractivity contribution is 0.0511. The summed E-state index contributed by atoms with van der Waals surface area (Å²) in [6.07, 6.45) is 0. The maximum Gasteiger partial charge on any atom is 0.338 e. The van der Waals surface area contributed by atoms with Crippen molar-refractivity contribution >= 4 is 134 Å². The molecule has 12 rings (SSSR count). The zero-order chi connectivity index (χ0) is 52.0. The number of hydrogen-bond acceptors (Lipinski definition) is 12. The minimum absolute atomic E-state index is 0.173. The molecule has 4 amide bonds. The van der Waals surface area contributed by atoms with Gasteiger partial charge >= 0.3 is 23.9 Å². The summed E-state index contributed by atoms with van der Waals surface area (Å²) in [5, 5.41) is 11.8. The highest BCUT2D eigenvalue weighted by atomic mass is 16.5. The Bertz CT molecular complexity index is 3660.